The fourth-order valence-corrected chi connectivity index (χ4v) is 0.844. The van der Waals surface area contributed by atoms with Gasteiger partial charge in [0.15, 0.2) is 0 Å². The first-order valence-electron chi connectivity index (χ1n) is 3.66. The normalized spacial score (nSPS) is 11.6. The summed E-state index contributed by atoms with van der Waals surface area (Å²) in [4.78, 5) is 17.2. The Kier molecular flexibility index (Phi) is 2.63. The SMILES string of the molecule is CCC(=Cc1c[nH]cn1)C(=O)O. The van der Waals surface area contributed by atoms with Crippen LogP contribution < -0.4 is 0 Å². The van der Waals surface area contributed by atoms with Crippen molar-refractivity contribution in [3.63, 3.8) is 0 Å². The minimum atomic E-state index is -0.888. The van der Waals surface area contributed by atoms with E-state index in [1.807, 2.05) is 0 Å². The van der Waals surface area contributed by atoms with Crippen molar-refractivity contribution >= 4 is 12.0 Å². The van der Waals surface area contributed by atoms with Gasteiger partial charge in [-0.15, -0.1) is 0 Å². The summed E-state index contributed by atoms with van der Waals surface area (Å²) in [6, 6.07) is 0. The summed E-state index contributed by atoms with van der Waals surface area (Å²) in [5.74, 6) is -0.888. The van der Waals surface area contributed by atoms with Crippen molar-refractivity contribution in [1.82, 2.24) is 9.97 Å². The largest absolute Gasteiger partial charge is 0.478 e. The van der Waals surface area contributed by atoms with E-state index in [4.69, 9.17) is 5.11 Å². The van der Waals surface area contributed by atoms with Gasteiger partial charge in [0.25, 0.3) is 0 Å². The average Bonchev–Trinajstić information content (AvgIpc) is 2.51. The summed E-state index contributed by atoms with van der Waals surface area (Å²) in [7, 11) is 0. The van der Waals surface area contributed by atoms with Gasteiger partial charge in [-0.3, -0.25) is 0 Å². The molecule has 1 heterocycles. The van der Waals surface area contributed by atoms with E-state index in [1.54, 1.807) is 19.2 Å². The Bertz CT molecular complexity index is 288. The van der Waals surface area contributed by atoms with Crippen LogP contribution in [0.1, 0.15) is 19.0 Å². The van der Waals surface area contributed by atoms with E-state index in [-0.39, 0.29) is 0 Å². The second-order valence-corrected chi connectivity index (χ2v) is 2.32. The van der Waals surface area contributed by atoms with Gasteiger partial charge in [0, 0.05) is 11.8 Å². The molecule has 1 aromatic heterocycles. The molecule has 0 atom stereocenters. The monoisotopic (exact) mass is 166 g/mol. The second-order valence-electron chi connectivity index (χ2n) is 2.32. The van der Waals surface area contributed by atoms with Gasteiger partial charge in [0.2, 0.25) is 0 Å². The van der Waals surface area contributed by atoms with Crippen LogP contribution in [0, 0.1) is 0 Å². The molecule has 0 saturated heterocycles. The summed E-state index contributed by atoms with van der Waals surface area (Å²) >= 11 is 0. The Morgan fingerprint density at radius 3 is 3.00 bits per heavy atom. The molecule has 0 fully saturated rings. The number of rotatable bonds is 3. The zero-order valence-corrected chi connectivity index (χ0v) is 6.74. The molecule has 12 heavy (non-hydrogen) atoms. The van der Waals surface area contributed by atoms with Gasteiger partial charge >= 0.3 is 5.97 Å². The molecule has 0 amide bonds. The summed E-state index contributed by atoms with van der Waals surface area (Å²) in [6.07, 6.45) is 5.22. The number of aliphatic carboxylic acids is 1. The van der Waals surface area contributed by atoms with Crippen LogP contribution in [0.15, 0.2) is 18.1 Å². The highest BCUT2D eigenvalue weighted by molar-refractivity contribution is 5.91. The molecule has 1 rings (SSSR count). The molecule has 0 aliphatic carbocycles. The minimum absolute atomic E-state index is 0.363. The summed E-state index contributed by atoms with van der Waals surface area (Å²) in [6.45, 7) is 1.80. The van der Waals surface area contributed by atoms with Crippen molar-refractivity contribution in [2.45, 2.75) is 13.3 Å². The highest BCUT2D eigenvalue weighted by Crippen LogP contribution is 2.06. The van der Waals surface area contributed by atoms with Crippen LogP contribution >= 0.6 is 0 Å². The van der Waals surface area contributed by atoms with E-state index in [9.17, 15) is 4.79 Å². The van der Waals surface area contributed by atoms with Gasteiger partial charge in [-0.05, 0) is 12.5 Å². The molecular weight excluding hydrogens is 156 g/mol. The van der Waals surface area contributed by atoms with Gasteiger partial charge in [0.1, 0.15) is 0 Å². The molecule has 0 unspecified atom stereocenters. The number of carbonyl (C=O) groups is 1. The number of imidazole rings is 1. The third-order valence-electron chi connectivity index (χ3n) is 1.50. The van der Waals surface area contributed by atoms with Crippen molar-refractivity contribution in [2.24, 2.45) is 0 Å². The molecule has 0 aromatic carbocycles. The van der Waals surface area contributed by atoms with Gasteiger partial charge in [0.05, 0.1) is 12.0 Å². The zero-order valence-electron chi connectivity index (χ0n) is 6.74. The first-order valence-corrected chi connectivity index (χ1v) is 3.66. The summed E-state index contributed by atoms with van der Waals surface area (Å²) in [5, 5.41) is 8.67. The number of carboxylic acids is 1. The molecule has 0 aliphatic rings. The van der Waals surface area contributed by atoms with E-state index in [1.165, 1.54) is 6.33 Å². The number of nitrogens with zero attached hydrogens (tertiary/aromatic N) is 1. The molecular formula is C8H10N2O2. The van der Waals surface area contributed by atoms with Crippen LogP contribution in [0.25, 0.3) is 6.08 Å². The number of aromatic amines is 1. The highest BCUT2D eigenvalue weighted by atomic mass is 16.4. The van der Waals surface area contributed by atoms with Crippen molar-refractivity contribution in [1.29, 1.82) is 0 Å². The van der Waals surface area contributed by atoms with Crippen LogP contribution in [-0.4, -0.2) is 21.0 Å². The standard InChI is InChI=1S/C8H10N2O2/c1-2-6(8(11)12)3-7-4-9-5-10-7/h3-5H,2H2,1H3,(H,9,10)(H,11,12). The molecule has 4 nitrogen and oxygen atoms in total. The lowest BCUT2D eigenvalue weighted by Gasteiger charge is -1.94. The van der Waals surface area contributed by atoms with Gasteiger partial charge < -0.3 is 10.1 Å². The first kappa shape index (κ1) is 8.52. The molecule has 0 spiro atoms. The van der Waals surface area contributed by atoms with E-state index in [2.05, 4.69) is 9.97 Å². The predicted molar refractivity (Wildman–Crippen MR) is 44.5 cm³/mol. The van der Waals surface area contributed by atoms with Gasteiger partial charge in [-0.2, -0.15) is 0 Å². The lowest BCUT2D eigenvalue weighted by Crippen LogP contribution is -1.98. The van der Waals surface area contributed by atoms with Crippen LogP contribution in [-0.2, 0) is 4.79 Å². The van der Waals surface area contributed by atoms with Crippen LogP contribution in [0.3, 0.4) is 0 Å². The molecule has 0 aliphatic heterocycles. The van der Waals surface area contributed by atoms with Gasteiger partial charge in [-0.1, -0.05) is 6.92 Å². The number of carboxylic acid groups (broad SMARTS) is 1. The van der Waals surface area contributed by atoms with Crippen LogP contribution in [0.2, 0.25) is 0 Å². The zero-order chi connectivity index (χ0) is 8.97. The highest BCUT2D eigenvalue weighted by Gasteiger charge is 2.03. The van der Waals surface area contributed by atoms with Crippen molar-refractivity contribution in [3.05, 3.63) is 23.8 Å². The Hall–Kier alpha value is -1.58. The van der Waals surface area contributed by atoms with E-state index < -0.39 is 5.97 Å². The third-order valence-corrected chi connectivity index (χ3v) is 1.50. The molecule has 0 bridgehead atoms. The molecule has 2 N–H and O–H groups in total. The van der Waals surface area contributed by atoms with Crippen molar-refractivity contribution in [2.75, 3.05) is 0 Å². The molecule has 64 valence electrons. The van der Waals surface area contributed by atoms with E-state index in [0.717, 1.165) is 0 Å². The summed E-state index contributed by atoms with van der Waals surface area (Å²) < 4.78 is 0. The van der Waals surface area contributed by atoms with Crippen molar-refractivity contribution < 1.29 is 9.90 Å². The minimum Gasteiger partial charge on any atom is -0.478 e. The summed E-state index contributed by atoms with van der Waals surface area (Å²) in [5.41, 5.74) is 1.01. The van der Waals surface area contributed by atoms with Crippen molar-refractivity contribution in [3.8, 4) is 0 Å². The second kappa shape index (κ2) is 3.71. The molecule has 0 radical (unpaired) electrons. The first-order chi connectivity index (χ1) is 5.74. The van der Waals surface area contributed by atoms with Crippen LogP contribution in [0.4, 0.5) is 0 Å². The number of nitrogens with one attached hydrogen (secondary N) is 1. The third kappa shape index (κ3) is 1.95. The fourth-order valence-electron chi connectivity index (χ4n) is 0.844. The van der Waals surface area contributed by atoms with Crippen LogP contribution in [0.5, 0.6) is 0 Å². The topological polar surface area (TPSA) is 66.0 Å². The lowest BCUT2D eigenvalue weighted by atomic mass is 10.2. The average molecular weight is 166 g/mol. The maximum absolute atomic E-state index is 10.6. The van der Waals surface area contributed by atoms with Gasteiger partial charge in [-0.25, -0.2) is 9.78 Å². The Morgan fingerprint density at radius 2 is 2.58 bits per heavy atom. The number of aromatic nitrogens is 2. The smallest absolute Gasteiger partial charge is 0.331 e. The molecule has 1 aromatic rings. The Labute approximate surface area is 70.0 Å². The van der Waals surface area contributed by atoms with E-state index >= 15 is 0 Å². The quantitative estimate of drug-likeness (QED) is 0.665. The fraction of sp³-hybridized carbons (Fsp3) is 0.250. The lowest BCUT2D eigenvalue weighted by molar-refractivity contribution is -0.132. The number of H-pyrrole nitrogens is 1. The maximum atomic E-state index is 10.6. The number of hydrogen-bond acceptors (Lipinski definition) is 2. The Balaban J connectivity index is 2.85. The maximum Gasteiger partial charge on any atom is 0.331 e. The Morgan fingerprint density at radius 1 is 1.83 bits per heavy atom. The van der Waals surface area contributed by atoms with E-state index in [0.29, 0.717) is 17.7 Å². The molecule has 4 heteroatoms. The number of hydrogen-bond donors (Lipinski definition) is 2. The predicted octanol–water partition coefficient (Wildman–Crippen LogP) is 1.29. The molecule has 0 saturated carbocycles.